The highest BCUT2D eigenvalue weighted by Gasteiger charge is 2.48. The van der Waals surface area contributed by atoms with Crippen LogP contribution in [-0.4, -0.2) is 40.3 Å². The fraction of sp³-hybridized carbons (Fsp3) is 0.429. The molecule has 0 aliphatic carbocycles. The maximum atomic E-state index is 9.77. The number of benzene rings is 2. The fourth-order valence-corrected chi connectivity index (χ4v) is 3.84. The average Bonchev–Trinajstić information content (AvgIpc) is 3.03. The van der Waals surface area contributed by atoms with E-state index in [0.717, 1.165) is 11.1 Å². The van der Waals surface area contributed by atoms with E-state index in [9.17, 15) is 10.2 Å². The summed E-state index contributed by atoms with van der Waals surface area (Å²) in [7, 11) is 0. The Morgan fingerprint density at radius 3 is 1.65 bits per heavy atom. The molecular weight excluding hydrogens is 400 g/mol. The lowest BCUT2D eigenvalue weighted by molar-refractivity contribution is -0.149. The summed E-state index contributed by atoms with van der Waals surface area (Å²) in [6.45, 7) is 3.48. The van der Waals surface area contributed by atoms with E-state index < -0.39 is 30.1 Å². The molecule has 2 aromatic carbocycles. The molecule has 1 saturated heterocycles. The van der Waals surface area contributed by atoms with Crippen molar-refractivity contribution in [2.45, 2.75) is 56.8 Å². The van der Waals surface area contributed by atoms with Gasteiger partial charge in [0.15, 0.2) is 5.79 Å². The molecule has 1 aliphatic heterocycles. The van der Waals surface area contributed by atoms with E-state index in [1.807, 2.05) is 12.1 Å². The van der Waals surface area contributed by atoms with Crippen molar-refractivity contribution >= 4 is 0 Å². The molecule has 162 valence electrons. The number of nitrogens with zero attached hydrogens (tertiary/aromatic N) is 6. The molecule has 0 radical (unpaired) electrons. The van der Waals surface area contributed by atoms with Gasteiger partial charge in [-0.25, -0.2) is 0 Å². The maximum absolute atomic E-state index is 9.77. The van der Waals surface area contributed by atoms with Crippen molar-refractivity contribution in [3.05, 3.63) is 80.5 Å². The van der Waals surface area contributed by atoms with Gasteiger partial charge in [0.25, 0.3) is 0 Å². The van der Waals surface area contributed by atoms with Crippen molar-refractivity contribution < 1.29 is 19.7 Å². The zero-order valence-corrected chi connectivity index (χ0v) is 17.2. The Morgan fingerprint density at radius 1 is 0.871 bits per heavy atom. The van der Waals surface area contributed by atoms with Gasteiger partial charge >= 0.3 is 0 Å². The standard InChI is InChI=1S/C21H24N6O4/c1-21(2)30-19(17(24-26-22)11-13-5-3-7-15(28)9-13)20(31-21)18(25-27-23)12-14-6-4-8-16(29)10-14/h3-10,17-20,28-29H,11-12H2,1-2H3/t17-,18-,19+,20+/m1/s1. The summed E-state index contributed by atoms with van der Waals surface area (Å²) in [4.78, 5) is 5.95. The van der Waals surface area contributed by atoms with Gasteiger partial charge in [0.1, 0.15) is 11.5 Å². The number of hydrogen-bond acceptors (Lipinski definition) is 6. The monoisotopic (exact) mass is 424 g/mol. The first-order valence-corrected chi connectivity index (χ1v) is 9.81. The molecule has 1 aliphatic rings. The molecule has 4 atom stereocenters. The molecule has 0 amide bonds. The van der Waals surface area contributed by atoms with Crippen LogP contribution < -0.4 is 0 Å². The second kappa shape index (κ2) is 9.59. The van der Waals surface area contributed by atoms with E-state index in [1.165, 1.54) is 0 Å². The van der Waals surface area contributed by atoms with Crippen molar-refractivity contribution in [3.8, 4) is 11.5 Å². The molecule has 0 unspecified atom stereocenters. The molecule has 3 rings (SSSR count). The van der Waals surface area contributed by atoms with Crippen LogP contribution in [0.15, 0.2) is 58.8 Å². The first-order valence-electron chi connectivity index (χ1n) is 9.81. The molecule has 0 saturated carbocycles. The summed E-state index contributed by atoms with van der Waals surface area (Å²) >= 11 is 0. The SMILES string of the molecule is CC1(C)O[C@@H]([C@@H](Cc2cccc(O)c2)N=[N+]=[N-])[C@H]([C@@H](Cc2cccc(O)c2)N=[N+]=[N-])O1. The third kappa shape index (κ3) is 5.81. The summed E-state index contributed by atoms with van der Waals surface area (Å²) in [6, 6.07) is 12.0. The normalized spacial score (nSPS) is 21.5. The van der Waals surface area contributed by atoms with Crippen LogP contribution in [0.3, 0.4) is 0 Å². The van der Waals surface area contributed by atoms with Gasteiger partial charge in [-0.2, -0.15) is 0 Å². The molecule has 10 nitrogen and oxygen atoms in total. The van der Waals surface area contributed by atoms with E-state index in [0.29, 0.717) is 12.8 Å². The molecule has 10 heteroatoms. The van der Waals surface area contributed by atoms with Crippen LogP contribution in [0.5, 0.6) is 11.5 Å². The highest BCUT2D eigenvalue weighted by atomic mass is 16.8. The lowest BCUT2D eigenvalue weighted by Gasteiger charge is -2.27. The molecule has 1 fully saturated rings. The van der Waals surface area contributed by atoms with Crippen molar-refractivity contribution in [1.82, 2.24) is 0 Å². The zero-order valence-electron chi connectivity index (χ0n) is 17.2. The van der Waals surface area contributed by atoms with Crippen LogP contribution in [0.1, 0.15) is 25.0 Å². The Balaban J connectivity index is 1.92. The van der Waals surface area contributed by atoms with Crippen LogP contribution >= 0.6 is 0 Å². The van der Waals surface area contributed by atoms with Gasteiger partial charge in [0, 0.05) is 9.82 Å². The quantitative estimate of drug-likeness (QED) is 0.356. The van der Waals surface area contributed by atoms with E-state index >= 15 is 0 Å². The molecular formula is C21H24N6O4. The number of phenols is 2. The first kappa shape index (κ1) is 22.3. The Labute approximate surface area is 179 Å². The van der Waals surface area contributed by atoms with Crippen LogP contribution in [0.2, 0.25) is 0 Å². The summed E-state index contributed by atoms with van der Waals surface area (Å²) in [6.07, 6.45) is -0.787. The number of phenolic OH excluding ortho intramolecular Hbond substituents is 2. The van der Waals surface area contributed by atoms with E-state index in [4.69, 9.17) is 20.5 Å². The minimum atomic E-state index is -0.987. The van der Waals surface area contributed by atoms with E-state index in [-0.39, 0.29) is 11.5 Å². The molecule has 0 aromatic heterocycles. The van der Waals surface area contributed by atoms with E-state index in [2.05, 4.69) is 20.1 Å². The van der Waals surface area contributed by atoms with Gasteiger partial charge in [-0.15, -0.1) is 0 Å². The number of ether oxygens (including phenoxy) is 2. The van der Waals surface area contributed by atoms with Crippen molar-refractivity contribution in [1.29, 1.82) is 0 Å². The Bertz CT molecular complexity index is 937. The maximum Gasteiger partial charge on any atom is 0.163 e. The summed E-state index contributed by atoms with van der Waals surface area (Å²) in [5, 5.41) is 27.4. The Morgan fingerprint density at radius 2 is 1.29 bits per heavy atom. The van der Waals surface area contributed by atoms with Crippen molar-refractivity contribution in [3.63, 3.8) is 0 Å². The minimum Gasteiger partial charge on any atom is -0.508 e. The first-order chi connectivity index (χ1) is 14.8. The number of hydrogen-bond donors (Lipinski definition) is 2. The van der Waals surface area contributed by atoms with Crippen LogP contribution in [-0.2, 0) is 22.3 Å². The summed E-state index contributed by atoms with van der Waals surface area (Å²) < 4.78 is 12.2. The zero-order chi connectivity index (χ0) is 22.4. The predicted octanol–water partition coefficient (Wildman–Crippen LogP) is 4.76. The highest BCUT2D eigenvalue weighted by molar-refractivity contribution is 5.29. The number of aromatic hydroxyl groups is 2. The van der Waals surface area contributed by atoms with Crippen molar-refractivity contribution in [2.24, 2.45) is 10.2 Å². The summed E-state index contributed by atoms with van der Waals surface area (Å²) in [5.74, 6) is -0.776. The van der Waals surface area contributed by atoms with Crippen LogP contribution in [0.4, 0.5) is 0 Å². The Kier molecular flexibility index (Phi) is 6.89. The smallest absolute Gasteiger partial charge is 0.163 e. The fourth-order valence-electron chi connectivity index (χ4n) is 3.84. The van der Waals surface area contributed by atoms with Gasteiger partial charge in [0.2, 0.25) is 0 Å². The molecule has 1 heterocycles. The van der Waals surface area contributed by atoms with Gasteiger partial charge < -0.3 is 19.7 Å². The number of rotatable bonds is 8. The van der Waals surface area contributed by atoms with Crippen LogP contribution in [0.25, 0.3) is 20.9 Å². The van der Waals surface area contributed by atoms with Gasteiger partial charge in [-0.1, -0.05) is 34.5 Å². The second-order valence-electron chi connectivity index (χ2n) is 7.86. The molecule has 2 N–H and O–H groups in total. The molecule has 0 bridgehead atoms. The van der Waals surface area contributed by atoms with Crippen LogP contribution in [0, 0.1) is 0 Å². The average molecular weight is 424 g/mol. The molecule has 0 spiro atoms. The van der Waals surface area contributed by atoms with Gasteiger partial charge in [-0.3, -0.25) is 0 Å². The topological polar surface area (TPSA) is 156 Å². The Hall–Kier alpha value is -3.42. The number of azide groups is 2. The third-order valence-corrected chi connectivity index (χ3v) is 5.03. The largest absolute Gasteiger partial charge is 0.508 e. The third-order valence-electron chi connectivity index (χ3n) is 5.03. The lowest BCUT2D eigenvalue weighted by Crippen LogP contribution is -2.42. The predicted molar refractivity (Wildman–Crippen MR) is 113 cm³/mol. The molecule has 31 heavy (non-hydrogen) atoms. The van der Waals surface area contributed by atoms with E-state index in [1.54, 1.807) is 50.2 Å². The minimum absolute atomic E-state index is 0.105. The summed E-state index contributed by atoms with van der Waals surface area (Å²) in [5.41, 5.74) is 19.8. The van der Waals surface area contributed by atoms with Crippen molar-refractivity contribution in [2.75, 3.05) is 0 Å². The molecule has 2 aromatic rings. The highest BCUT2D eigenvalue weighted by Crippen LogP contribution is 2.36. The second-order valence-corrected chi connectivity index (χ2v) is 7.86. The van der Waals surface area contributed by atoms with Gasteiger partial charge in [0.05, 0.1) is 24.3 Å². The lowest BCUT2D eigenvalue weighted by atomic mass is 9.92. The van der Waals surface area contributed by atoms with Gasteiger partial charge in [-0.05, 0) is 73.1 Å².